The normalized spacial score (nSPS) is 9.69. The van der Waals surface area contributed by atoms with E-state index in [0.29, 0.717) is 35.1 Å². The van der Waals surface area contributed by atoms with Crippen molar-refractivity contribution in [2.24, 2.45) is 0 Å². The minimum Gasteiger partial charge on any atom is -0.492 e. The molecule has 0 aliphatic carbocycles. The first-order chi connectivity index (χ1) is 6.27. The molecule has 0 N–H and O–H groups in total. The van der Waals surface area contributed by atoms with Crippen LogP contribution in [-0.4, -0.2) is 18.8 Å². The highest BCUT2D eigenvalue weighted by Gasteiger charge is 2.02. The van der Waals surface area contributed by atoms with E-state index in [0.717, 1.165) is 0 Å². The summed E-state index contributed by atoms with van der Waals surface area (Å²) in [5.74, 6) is 0.904. The van der Waals surface area contributed by atoms with Crippen LogP contribution in [0.4, 0.5) is 0 Å². The summed E-state index contributed by atoms with van der Waals surface area (Å²) < 4.78 is 5.21. The van der Waals surface area contributed by atoms with Gasteiger partial charge in [-0.15, -0.1) is 11.6 Å². The lowest BCUT2D eigenvalue weighted by Crippen LogP contribution is -2.00. The summed E-state index contributed by atoms with van der Waals surface area (Å²) in [4.78, 5) is 10.6. The summed E-state index contributed by atoms with van der Waals surface area (Å²) in [6.45, 7) is 0.379. The minimum absolute atomic E-state index is 0.379. The van der Waals surface area contributed by atoms with Crippen LogP contribution >= 0.6 is 23.2 Å². The minimum atomic E-state index is 0.379. The SMILES string of the molecule is O=Cc1cc(Cl)ccc1OCCCl. The monoisotopic (exact) mass is 218 g/mol. The fourth-order valence-corrected chi connectivity index (χ4v) is 1.15. The van der Waals surface area contributed by atoms with E-state index in [1.165, 1.54) is 0 Å². The lowest BCUT2D eigenvalue weighted by atomic mass is 10.2. The second-order valence-electron chi connectivity index (χ2n) is 2.34. The molecular weight excluding hydrogens is 211 g/mol. The van der Waals surface area contributed by atoms with Gasteiger partial charge in [-0.1, -0.05) is 11.6 Å². The first-order valence-corrected chi connectivity index (χ1v) is 4.62. The second-order valence-corrected chi connectivity index (χ2v) is 3.15. The van der Waals surface area contributed by atoms with Crippen LogP contribution in [0.1, 0.15) is 10.4 Å². The van der Waals surface area contributed by atoms with Crippen molar-refractivity contribution >= 4 is 29.5 Å². The number of ether oxygens (including phenoxy) is 1. The molecule has 0 bridgehead atoms. The van der Waals surface area contributed by atoms with Crippen molar-refractivity contribution in [2.75, 3.05) is 12.5 Å². The molecule has 1 aromatic carbocycles. The van der Waals surface area contributed by atoms with Crippen LogP contribution in [0.15, 0.2) is 18.2 Å². The van der Waals surface area contributed by atoms with Crippen LogP contribution in [0.2, 0.25) is 5.02 Å². The highest BCUT2D eigenvalue weighted by molar-refractivity contribution is 6.30. The molecule has 0 spiro atoms. The molecule has 0 aromatic heterocycles. The lowest BCUT2D eigenvalue weighted by Gasteiger charge is -2.06. The van der Waals surface area contributed by atoms with Crippen LogP contribution in [-0.2, 0) is 0 Å². The summed E-state index contributed by atoms with van der Waals surface area (Å²) in [5, 5.41) is 0.514. The Morgan fingerprint density at radius 1 is 1.46 bits per heavy atom. The molecular formula is C9H8Cl2O2. The van der Waals surface area contributed by atoms with Crippen molar-refractivity contribution in [1.29, 1.82) is 0 Å². The van der Waals surface area contributed by atoms with E-state index in [-0.39, 0.29) is 0 Å². The van der Waals surface area contributed by atoms with E-state index < -0.39 is 0 Å². The van der Waals surface area contributed by atoms with E-state index in [2.05, 4.69) is 0 Å². The Labute approximate surface area is 86.4 Å². The molecule has 0 saturated carbocycles. The van der Waals surface area contributed by atoms with Crippen molar-refractivity contribution in [3.05, 3.63) is 28.8 Å². The zero-order chi connectivity index (χ0) is 9.68. The number of hydrogen-bond acceptors (Lipinski definition) is 2. The Morgan fingerprint density at radius 2 is 2.23 bits per heavy atom. The van der Waals surface area contributed by atoms with E-state index >= 15 is 0 Å². The Morgan fingerprint density at radius 3 is 2.85 bits per heavy atom. The first kappa shape index (κ1) is 10.4. The predicted octanol–water partition coefficient (Wildman–Crippen LogP) is 2.77. The van der Waals surface area contributed by atoms with Gasteiger partial charge in [-0.25, -0.2) is 0 Å². The molecule has 1 rings (SSSR count). The molecule has 0 amide bonds. The molecule has 0 aliphatic heterocycles. The van der Waals surface area contributed by atoms with Crippen molar-refractivity contribution in [3.63, 3.8) is 0 Å². The smallest absolute Gasteiger partial charge is 0.153 e. The van der Waals surface area contributed by atoms with Crippen molar-refractivity contribution < 1.29 is 9.53 Å². The Bertz CT molecular complexity index is 300. The molecule has 0 saturated heterocycles. The largest absolute Gasteiger partial charge is 0.492 e. The third-order valence-corrected chi connectivity index (χ3v) is 1.82. The maximum absolute atomic E-state index is 10.6. The summed E-state index contributed by atoms with van der Waals surface area (Å²) in [6, 6.07) is 4.87. The molecule has 2 nitrogen and oxygen atoms in total. The maximum Gasteiger partial charge on any atom is 0.153 e. The van der Waals surface area contributed by atoms with Crippen LogP contribution in [0, 0.1) is 0 Å². The number of aldehydes is 1. The molecule has 70 valence electrons. The van der Waals surface area contributed by atoms with Gasteiger partial charge >= 0.3 is 0 Å². The van der Waals surface area contributed by atoms with Gasteiger partial charge in [-0.2, -0.15) is 0 Å². The van der Waals surface area contributed by atoms with Crippen molar-refractivity contribution in [3.8, 4) is 5.75 Å². The maximum atomic E-state index is 10.6. The summed E-state index contributed by atoms with van der Waals surface area (Å²) >= 11 is 11.1. The highest BCUT2D eigenvalue weighted by atomic mass is 35.5. The molecule has 0 unspecified atom stereocenters. The zero-order valence-corrected chi connectivity index (χ0v) is 8.31. The van der Waals surface area contributed by atoms with Gasteiger partial charge in [0, 0.05) is 5.02 Å². The number of rotatable bonds is 4. The van der Waals surface area contributed by atoms with Crippen LogP contribution in [0.3, 0.4) is 0 Å². The van der Waals surface area contributed by atoms with Crippen LogP contribution in [0.25, 0.3) is 0 Å². The summed E-state index contributed by atoms with van der Waals surface area (Å²) in [5.41, 5.74) is 0.442. The number of alkyl halides is 1. The van der Waals surface area contributed by atoms with Gasteiger partial charge in [0.05, 0.1) is 11.4 Å². The van der Waals surface area contributed by atoms with Gasteiger partial charge in [-0.3, -0.25) is 4.79 Å². The summed E-state index contributed by atoms with van der Waals surface area (Å²) in [6.07, 6.45) is 0.704. The summed E-state index contributed by atoms with van der Waals surface area (Å²) in [7, 11) is 0. The predicted molar refractivity (Wildman–Crippen MR) is 53.1 cm³/mol. The van der Waals surface area contributed by atoms with E-state index in [1.54, 1.807) is 18.2 Å². The molecule has 1 aromatic rings. The van der Waals surface area contributed by atoms with Crippen LogP contribution < -0.4 is 4.74 Å². The quantitative estimate of drug-likeness (QED) is 0.574. The average Bonchev–Trinajstić information content (AvgIpc) is 2.16. The lowest BCUT2D eigenvalue weighted by molar-refractivity contribution is 0.112. The number of halogens is 2. The van der Waals surface area contributed by atoms with Crippen molar-refractivity contribution in [2.45, 2.75) is 0 Å². The first-order valence-electron chi connectivity index (χ1n) is 3.71. The average molecular weight is 219 g/mol. The number of carbonyl (C=O) groups excluding carboxylic acids is 1. The number of carbonyl (C=O) groups is 1. The highest BCUT2D eigenvalue weighted by Crippen LogP contribution is 2.21. The second kappa shape index (κ2) is 5.10. The van der Waals surface area contributed by atoms with Gasteiger partial charge in [-0.05, 0) is 18.2 Å². The zero-order valence-electron chi connectivity index (χ0n) is 6.80. The van der Waals surface area contributed by atoms with Gasteiger partial charge in [0.15, 0.2) is 6.29 Å². The molecule has 0 radical (unpaired) electrons. The van der Waals surface area contributed by atoms with Gasteiger partial charge < -0.3 is 4.74 Å². The topological polar surface area (TPSA) is 26.3 Å². The molecule has 0 aliphatic rings. The van der Waals surface area contributed by atoms with Gasteiger partial charge in [0.25, 0.3) is 0 Å². The van der Waals surface area contributed by atoms with Crippen LogP contribution in [0.5, 0.6) is 5.75 Å². The Hall–Kier alpha value is -0.730. The van der Waals surface area contributed by atoms with E-state index in [4.69, 9.17) is 27.9 Å². The third-order valence-electron chi connectivity index (χ3n) is 1.43. The number of hydrogen-bond donors (Lipinski definition) is 0. The molecule has 0 heterocycles. The molecule has 4 heteroatoms. The van der Waals surface area contributed by atoms with E-state index in [1.807, 2.05) is 0 Å². The Balaban J connectivity index is 2.86. The standard InChI is InChI=1S/C9H8Cl2O2/c10-3-4-13-9-2-1-8(11)5-7(9)6-12/h1-2,5-6H,3-4H2. The molecule has 0 atom stereocenters. The molecule has 13 heavy (non-hydrogen) atoms. The Kier molecular flexibility index (Phi) is 4.06. The number of benzene rings is 1. The molecule has 0 fully saturated rings. The third kappa shape index (κ3) is 2.90. The fraction of sp³-hybridized carbons (Fsp3) is 0.222. The fourth-order valence-electron chi connectivity index (χ4n) is 0.891. The van der Waals surface area contributed by atoms with Gasteiger partial charge in [0.2, 0.25) is 0 Å². The van der Waals surface area contributed by atoms with Crippen molar-refractivity contribution in [1.82, 2.24) is 0 Å². The van der Waals surface area contributed by atoms with E-state index in [9.17, 15) is 4.79 Å². The van der Waals surface area contributed by atoms with Gasteiger partial charge in [0.1, 0.15) is 12.4 Å².